The van der Waals surface area contributed by atoms with Crippen molar-refractivity contribution in [3.05, 3.63) is 44.5 Å². The number of anilines is 2. The molecule has 0 amide bonds. The monoisotopic (exact) mass is 246 g/mol. The number of H-pyrrole nitrogens is 1. The Morgan fingerprint density at radius 2 is 2.35 bits per heavy atom. The molecular formula is C11H10N4OS. The number of hydrogen-bond donors (Lipinski definition) is 3. The first kappa shape index (κ1) is 11.2. The topological polar surface area (TPSA) is 94.7 Å². The van der Waals surface area contributed by atoms with Gasteiger partial charge in [0.15, 0.2) is 0 Å². The third-order valence-electron chi connectivity index (χ3n) is 2.22. The van der Waals surface area contributed by atoms with E-state index in [1.807, 2.05) is 6.07 Å². The molecule has 1 heterocycles. The van der Waals surface area contributed by atoms with Crippen molar-refractivity contribution < 1.29 is 0 Å². The predicted octanol–water partition coefficient (Wildman–Crippen LogP) is 1.50. The van der Waals surface area contributed by atoms with Gasteiger partial charge >= 0.3 is 4.87 Å². The second kappa shape index (κ2) is 4.72. The zero-order valence-corrected chi connectivity index (χ0v) is 9.67. The van der Waals surface area contributed by atoms with Crippen LogP contribution >= 0.6 is 11.3 Å². The Bertz CT molecular complexity index is 623. The standard InChI is InChI=1S/C11H10N4OS/c12-4-7-1-2-10(9(13)3-7)14-5-8-6-17-11(16)15-8/h1-3,6,14H,5,13H2,(H,15,16). The van der Waals surface area contributed by atoms with E-state index in [0.717, 1.165) is 22.7 Å². The lowest BCUT2D eigenvalue weighted by Gasteiger charge is -2.08. The van der Waals surface area contributed by atoms with Crippen LogP contribution in [0.2, 0.25) is 0 Å². The molecule has 4 N–H and O–H groups in total. The first-order valence-electron chi connectivity index (χ1n) is 4.89. The maximum absolute atomic E-state index is 10.9. The predicted molar refractivity (Wildman–Crippen MR) is 67.8 cm³/mol. The van der Waals surface area contributed by atoms with Crippen LogP contribution in [0.4, 0.5) is 11.4 Å². The summed E-state index contributed by atoms with van der Waals surface area (Å²) in [7, 11) is 0. The molecule has 5 nitrogen and oxygen atoms in total. The number of hydrogen-bond acceptors (Lipinski definition) is 5. The smallest absolute Gasteiger partial charge is 0.304 e. The quantitative estimate of drug-likeness (QED) is 0.715. The first-order valence-corrected chi connectivity index (χ1v) is 5.77. The minimum Gasteiger partial charge on any atom is -0.397 e. The minimum absolute atomic E-state index is 0.0744. The van der Waals surface area contributed by atoms with Crippen LogP contribution in [0.15, 0.2) is 28.4 Å². The summed E-state index contributed by atoms with van der Waals surface area (Å²) in [6.07, 6.45) is 0. The van der Waals surface area contributed by atoms with Crippen LogP contribution in [-0.2, 0) is 6.54 Å². The average Bonchev–Trinajstić information content (AvgIpc) is 2.73. The summed E-state index contributed by atoms with van der Waals surface area (Å²) in [5.41, 5.74) is 8.38. The third kappa shape index (κ3) is 2.65. The highest BCUT2D eigenvalue weighted by atomic mass is 32.1. The average molecular weight is 246 g/mol. The highest BCUT2D eigenvalue weighted by Crippen LogP contribution is 2.19. The molecule has 2 aromatic rings. The second-order valence-corrected chi connectivity index (χ2v) is 4.28. The van der Waals surface area contributed by atoms with Gasteiger partial charge < -0.3 is 16.0 Å². The van der Waals surface area contributed by atoms with Crippen LogP contribution in [0.1, 0.15) is 11.3 Å². The largest absolute Gasteiger partial charge is 0.397 e. The van der Waals surface area contributed by atoms with Crippen molar-refractivity contribution in [1.29, 1.82) is 5.26 Å². The highest BCUT2D eigenvalue weighted by Gasteiger charge is 2.01. The lowest BCUT2D eigenvalue weighted by atomic mass is 10.2. The van der Waals surface area contributed by atoms with Gasteiger partial charge in [-0.05, 0) is 18.2 Å². The van der Waals surface area contributed by atoms with E-state index < -0.39 is 0 Å². The molecule has 0 aliphatic rings. The number of nitrogens with one attached hydrogen (secondary N) is 2. The van der Waals surface area contributed by atoms with Crippen LogP contribution in [0, 0.1) is 11.3 Å². The fourth-order valence-corrected chi connectivity index (χ4v) is 1.97. The lowest BCUT2D eigenvalue weighted by Crippen LogP contribution is -2.04. The highest BCUT2D eigenvalue weighted by molar-refractivity contribution is 7.07. The summed E-state index contributed by atoms with van der Waals surface area (Å²) >= 11 is 1.12. The van der Waals surface area contributed by atoms with E-state index in [2.05, 4.69) is 10.3 Å². The molecule has 0 aliphatic carbocycles. The van der Waals surface area contributed by atoms with Gasteiger partial charge in [0.25, 0.3) is 0 Å². The van der Waals surface area contributed by atoms with E-state index in [4.69, 9.17) is 11.0 Å². The zero-order chi connectivity index (χ0) is 12.3. The van der Waals surface area contributed by atoms with Crippen molar-refractivity contribution in [3.63, 3.8) is 0 Å². The fourth-order valence-electron chi connectivity index (χ4n) is 1.38. The Hall–Kier alpha value is -2.26. The third-order valence-corrected chi connectivity index (χ3v) is 2.94. The van der Waals surface area contributed by atoms with Crippen molar-refractivity contribution >= 4 is 22.7 Å². The summed E-state index contributed by atoms with van der Waals surface area (Å²) < 4.78 is 0. The Kier molecular flexibility index (Phi) is 3.12. The fraction of sp³-hybridized carbons (Fsp3) is 0.0909. The van der Waals surface area contributed by atoms with E-state index in [-0.39, 0.29) is 4.87 Å². The molecule has 0 fully saturated rings. The molecule has 0 radical (unpaired) electrons. The van der Waals surface area contributed by atoms with E-state index in [0.29, 0.717) is 17.8 Å². The van der Waals surface area contributed by atoms with Gasteiger partial charge in [-0.2, -0.15) is 5.26 Å². The number of aromatic amines is 1. The van der Waals surface area contributed by atoms with E-state index in [1.165, 1.54) is 0 Å². The summed E-state index contributed by atoms with van der Waals surface area (Å²) in [5.74, 6) is 0. The second-order valence-electron chi connectivity index (χ2n) is 3.44. The van der Waals surface area contributed by atoms with E-state index >= 15 is 0 Å². The van der Waals surface area contributed by atoms with Crippen molar-refractivity contribution in [3.8, 4) is 6.07 Å². The summed E-state index contributed by atoms with van der Waals surface area (Å²) in [6, 6.07) is 7.07. The molecule has 0 spiro atoms. The minimum atomic E-state index is -0.0744. The van der Waals surface area contributed by atoms with Crippen LogP contribution in [0.25, 0.3) is 0 Å². The molecule has 1 aromatic carbocycles. The number of nitrogens with two attached hydrogens (primary N) is 1. The number of rotatable bonds is 3. The van der Waals surface area contributed by atoms with Crippen LogP contribution in [0.5, 0.6) is 0 Å². The molecule has 1 aromatic heterocycles. The summed E-state index contributed by atoms with van der Waals surface area (Å²) in [6.45, 7) is 0.495. The Balaban J connectivity index is 2.09. The van der Waals surface area contributed by atoms with Crippen LogP contribution < -0.4 is 15.9 Å². The van der Waals surface area contributed by atoms with Crippen LogP contribution in [-0.4, -0.2) is 4.98 Å². The summed E-state index contributed by atoms with van der Waals surface area (Å²) in [5, 5.41) is 13.6. The first-order chi connectivity index (χ1) is 8.19. The van der Waals surface area contributed by atoms with Gasteiger partial charge in [-0.25, -0.2) is 0 Å². The zero-order valence-electron chi connectivity index (χ0n) is 8.86. The van der Waals surface area contributed by atoms with Gasteiger partial charge in [0, 0.05) is 11.1 Å². The molecule has 0 saturated heterocycles. The van der Waals surface area contributed by atoms with Crippen molar-refractivity contribution in [2.45, 2.75) is 6.54 Å². The number of thiazole rings is 1. The van der Waals surface area contributed by atoms with Gasteiger partial charge in [-0.15, -0.1) is 0 Å². The van der Waals surface area contributed by atoms with Crippen molar-refractivity contribution in [2.24, 2.45) is 0 Å². The molecule has 2 rings (SSSR count). The number of benzene rings is 1. The lowest BCUT2D eigenvalue weighted by molar-refractivity contribution is 1.06. The summed E-state index contributed by atoms with van der Waals surface area (Å²) in [4.78, 5) is 13.5. The molecule has 0 bridgehead atoms. The number of aromatic nitrogens is 1. The normalized spacial score (nSPS) is 9.82. The van der Waals surface area contributed by atoms with Crippen molar-refractivity contribution in [1.82, 2.24) is 4.98 Å². The molecule has 0 unspecified atom stereocenters. The number of nitriles is 1. The maximum Gasteiger partial charge on any atom is 0.304 e. The maximum atomic E-state index is 10.9. The Labute approximate surface area is 102 Å². The van der Waals surface area contributed by atoms with Gasteiger partial charge in [0.2, 0.25) is 0 Å². The van der Waals surface area contributed by atoms with Crippen molar-refractivity contribution in [2.75, 3.05) is 11.1 Å². The molecule has 0 aliphatic heterocycles. The van der Waals surface area contributed by atoms with Gasteiger partial charge in [0.1, 0.15) is 0 Å². The molecule has 86 valence electrons. The Morgan fingerprint density at radius 3 is 2.94 bits per heavy atom. The molecule has 6 heteroatoms. The molecule has 0 atom stereocenters. The molecular weight excluding hydrogens is 236 g/mol. The molecule has 17 heavy (non-hydrogen) atoms. The van der Waals surface area contributed by atoms with E-state index in [9.17, 15) is 4.79 Å². The van der Waals surface area contributed by atoms with Gasteiger partial charge in [0.05, 0.1) is 29.6 Å². The SMILES string of the molecule is N#Cc1ccc(NCc2csc(=O)[nH]2)c(N)c1. The van der Waals surface area contributed by atoms with Gasteiger partial charge in [-0.1, -0.05) is 11.3 Å². The Morgan fingerprint density at radius 1 is 1.53 bits per heavy atom. The van der Waals surface area contributed by atoms with Gasteiger partial charge in [-0.3, -0.25) is 4.79 Å². The van der Waals surface area contributed by atoms with E-state index in [1.54, 1.807) is 23.6 Å². The number of nitrogens with zero attached hydrogens (tertiary/aromatic N) is 1. The molecule has 0 saturated carbocycles. The van der Waals surface area contributed by atoms with Crippen LogP contribution in [0.3, 0.4) is 0 Å². The number of nitrogen functional groups attached to an aromatic ring is 1.